The van der Waals surface area contributed by atoms with Crippen LogP contribution in [0.1, 0.15) is 17.6 Å². The van der Waals surface area contributed by atoms with Crippen molar-refractivity contribution in [3.8, 4) is 0 Å². The largest absolute Gasteiger partial charge is 0.417 e. The molecular formula is C7H3ClF5N. The first-order valence-corrected chi connectivity index (χ1v) is 3.71. The molecule has 1 aromatic heterocycles. The van der Waals surface area contributed by atoms with Gasteiger partial charge in [0.2, 0.25) is 0 Å². The molecule has 0 aliphatic rings. The Morgan fingerprint density at radius 3 is 2.29 bits per heavy atom. The Balaban J connectivity index is 3.30. The normalized spacial score (nSPS) is 12.2. The van der Waals surface area contributed by atoms with Gasteiger partial charge in [0, 0.05) is 11.8 Å². The Hall–Kier alpha value is -0.910. The fourth-order valence-electron chi connectivity index (χ4n) is 0.860. The van der Waals surface area contributed by atoms with E-state index in [2.05, 4.69) is 4.98 Å². The van der Waals surface area contributed by atoms with E-state index in [0.717, 1.165) is 0 Å². The quantitative estimate of drug-likeness (QED) is 0.531. The SMILES string of the molecule is FC(F)c1cnc(Cl)cc1C(F)(F)F. The second kappa shape index (κ2) is 3.68. The summed E-state index contributed by atoms with van der Waals surface area (Å²) < 4.78 is 60.7. The summed E-state index contributed by atoms with van der Waals surface area (Å²) in [7, 11) is 0. The van der Waals surface area contributed by atoms with Crippen molar-refractivity contribution in [2.45, 2.75) is 12.6 Å². The highest BCUT2D eigenvalue weighted by Crippen LogP contribution is 2.36. The zero-order valence-corrected chi connectivity index (χ0v) is 7.20. The van der Waals surface area contributed by atoms with E-state index in [1.54, 1.807) is 0 Å². The molecule has 0 spiro atoms. The second-order valence-corrected chi connectivity index (χ2v) is 2.78. The number of alkyl halides is 5. The average molecular weight is 232 g/mol. The molecule has 1 heterocycles. The van der Waals surface area contributed by atoms with E-state index < -0.39 is 28.9 Å². The van der Waals surface area contributed by atoms with Gasteiger partial charge in [-0.15, -0.1) is 0 Å². The molecule has 0 saturated carbocycles. The Morgan fingerprint density at radius 1 is 1.29 bits per heavy atom. The van der Waals surface area contributed by atoms with E-state index in [-0.39, 0.29) is 0 Å². The highest BCUT2D eigenvalue weighted by molar-refractivity contribution is 6.29. The van der Waals surface area contributed by atoms with Gasteiger partial charge in [0.25, 0.3) is 6.43 Å². The van der Waals surface area contributed by atoms with Crippen LogP contribution in [-0.2, 0) is 6.18 Å². The third kappa shape index (κ3) is 2.31. The zero-order chi connectivity index (χ0) is 10.9. The first kappa shape index (κ1) is 11.2. The molecule has 0 radical (unpaired) electrons. The lowest BCUT2D eigenvalue weighted by Crippen LogP contribution is -2.10. The van der Waals surface area contributed by atoms with Crippen molar-refractivity contribution in [3.05, 3.63) is 28.5 Å². The fraction of sp³-hybridized carbons (Fsp3) is 0.286. The molecule has 1 nitrogen and oxygen atoms in total. The molecule has 0 aliphatic heterocycles. The van der Waals surface area contributed by atoms with E-state index in [1.807, 2.05) is 0 Å². The molecule has 0 saturated heterocycles. The van der Waals surface area contributed by atoms with Crippen LogP contribution >= 0.6 is 11.6 Å². The van der Waals surface area contributed by atoms with E-state index in [4.69, 9.17) is 11.6 Å². The minimum atomic E-state index is -4.85. The minimum absolute atomic E-state index is 0.378. The van der Waals surface area contributed by atoms with Gasteiger partial charge in [0.05, 0.1) is 5.56 Å². The van der Waals surface area contributed by atoms with Crippen molar-refractivity contribution in [1.82, 2.24) is 4.98 Å². The maximum atomic E-state index is 12.2. The molecular weight excluding hydrogens is 229 g/mol. The van der Waals surface area contributed by atoms with Crippen LogP contribution in [0, 0.1) is 0 Å². The van der Waals surface area contributed by atoms with Crippen molar-refractivity contribution in [3.63, 3.8) is 0 Å². The van der Waals surface area contributed by atoms with Gasteiger partial charge < -0.3 is 0 Å². The lowest BCUT2D eigenvalue weighted by atomic mass is 10.1. The third-order valence-corrected chi connectivity index (χ3v) is 1.65. The maximum absolute atomic E-state index is 12.2. The summed E-state index contributed by atoms with van der Waals surface area (Å²) in [4.78, 5) is 3.16. The van der Waals surface area contributed by atoms with Gasteiger partial charge in [-0.2, -0.15) is 13.2 Å². The lowest BCUT2D eigenvalue weighted by molar-refractivity contribution is -0.139. The lowest BCUT2D eigenvalue weighted by Gasteiger charge is -2.11. The third-order valence-electron chi connectivity index (χ3n) is 1.44. The Bertz CT molecular complexity index is 335. The number of halogens is 6. The van der Waals surface area contributed by atoms with Crippen LogP contribution < -0.4 is 0 Å². The van der Waals surface area contributed by atoms with Crippen LogP contribution in [0.3, 0.4) is 0 Å². The molecule has 1 aromatic rings. The monoisotopic (exact) mass is 231 g/mol. The number of nitrogens with zero attached hydrogens (tertiary/aromatic N) is 1. The average Bonchev–Trinajstić information content (AvgIpc) is 2.01. The van der Waals surface area contributed by atoms with Crippen molar-refractivity contribution in [2.24, 2.45) is 0 Å². The summed E-state index contributed by atoms with van der Waals surface area (Å²) in [6.07, 6.45) is -7.65. The smallest absolute Gasteiger partial charge is 0.244 e. The van der Waals surface area contributed by atoms with Gasteiger partial charge in [-0.05, 0) is 6.07 Å². The van der Waals surface area contributed by atoms with Crippen molar-refractivity contribution < 1.29 is 22.0 Å². The van der Waals surface area contributed by atoms with E-state index in [9.17, 15) is 22.0 Å². The predicted molar refractivity (Wildman–Crippen MR) is 39.2 cm³/mol. The molecule has 0 fully saturated rings. The van der Waals surface area contributed by atoms with Crippen molar-refractivity contribution in [1.29, 1.82) is 0 Å². The number of hydrogen-bond donors (Lipinski definition) is 0. The molecule has 0 aromatic carbocycles. The summed E-state index contributed by atoms with van der Waals surface area (Å²) in [5.41, 5.74) is -2.62. The van der Waals surface area contributed by atoms with Crippen molar-refractivity contribution in [2.75, 3.05) is 0 Å². The van der Waals surface area contributed by atoms with Crippen LogP contribution in [0.5, 0.6) is 0 Å². The van der Waals surface area contributed by atoms with Crippen LogP contribution in [-0.4, -0.2) is 4.98 Å². The highest BCUT2D eigenvalue weighted by Gasteiger charge is 2.36. The van der Waals surface area contributed by atoms with Gasteiger partial charge in [0.1, 0.15) is 5.15 Å². The van der Waals surface area contributed by atoms with Gasteiger partial charge >= 0.3 is 6.18 Å². The summed E-state index contributed by atoms with van der Waals surface area (Å²) in [6, 6.07) is 0.378. The van der Waals surface area contributed by atoms with Crippen LogP contribution in [0.15, 0.2) is 12.3 Å². The van der Waals surface area contributed by atoms with E-state index in [1.165, 1.54) is 0 Å². The Kier molecular flexibility index (Phi) is 2.94. The first-order valence-electron chi connectivity index (χ1n) is 3.33. The number of pyridine rings is 1. The molecule has 7 heteroatoms. The maximum Gasteiger partial charge on any atom is 0.417 e. The topological polar surface area (TPSA) is 12.9 Å². The minimum Gasteiger partial charge on any atom is -0.244 e. The first-order chi connectivity index (χ1) is 6.32. The number of aromatic nitrogens is 1. The summed E-state index contributed by atoms with van der Waals surface area (Å²) in [5.74, 6) is 0. The molecule has 0 atom stereocenters. The fourth-order valence-corrected chi connectivity index (χ4v) is 1.02. The molecule has 1 rings (SSSR count). The van der Waals surface area contributed by atoms with Crippen molar-refractivity contribution >= 4 is 11.6 Å². The van der Waals surface area contributed by atoms with Gasteiger partial charge in [-0.3, -0.25) is 0 Å². The van der Waals surface area contributed by atoms with Crippen LogP contribution in [0.2, 0.25) is 5.15 Å². The van der Waals surface area contributed by atoms with Gasteiger partial charge in [-0.1, -0.05) is 11.6 Å². The van der Waals surface area contributed by atoms with E-state index >= 15 is 0 Å². The van der Waals surface area contributed by atoms with Crippen LogP contribution in [0.4, 0.5) is 22.0 Å². The standard InChI is InChI=1S/C7H3ClF5N/c8-5-1-4(7(11,12)13)3(2-14-5)6(9)10/h1-2,6H. The van der Waals surface area contributed by atoms with Gasteiger partial charge in [0.15, 0.2) is 0 Å². The molecule has 0 amide bonds. The summed E-state index contributed by atoms with van der Waals surface area (Å²) >= 11 is 5.17. The number of rotatable bonds is 1. The van der Waals surface area contributed by atoms with Gasteiger partial charge in [-0.25, -0.2) is 13.8 Å². The van der Waals surface area contributed by atoms with Crippen LogP contribution in [0.25, 0.3) is 0 Å². The number of hydrogen-bond acceptors (Lipinski definition) is 1. The summed E-state index contributed by atoms with van der Waals surface area (Å²) in [5, 5.41) is -0.471. The predicted octanol–water partition coefficient (Wildman–Crippen LogP) is 3.69. The summed E-state index contributed by atoms with van der Waals surface area (Å²) in [6.45, 7) is 0. The molecule has 14 heavy (non-hydrogen) atoms. The molecule has 0 unspecified atom stereocenters. The Labute approximate surface area is 80.5 Å². The van der Waals surface area contributed by atoms with E-state index in [0.29, 0.717) is 12.3 Å². The highest BCUT2D eigenvalue weighted by atomic mass is 35.5. The molecule has 0 aliphatic carbocycles. The zero-order valence-electron chi connectivity index (χ0n) is 6.45. The second-order valence-electron chi connectivity index (χ2n) is 2.39. The Morgan fingerprint density at radius 2 is 1.86 bits per heavy atom. The molecule has 78 valence electrons. The molecule has 0 N–H and O–H groups in total. The molecule has 0 bridgehead atoms.